The number of nitrogens with one attached hydrogen (secondary N) is 1. The zero-order valence-corrected chi connectivity index (χ0v) is 21.6. The minimum absolute atomic E-state index is 0.623. The van der Waals surface area contributed by atoms with Crippen LogP contribution in [0.4, 0.5) is 0 Å². The molecule has 5 nitrogen and oxygen atoms in total. The van der Waals surface area contributed by atoms with Crippen molar-refractivity contribution < 1.29 is 4.42 Å². The number of hydrogen-bond donors (Lipinski definition) is 1. The predicted octanol–water partition coefficient (Wildman–Crippen LogP) is 8.33. The van der Waals surface area contributed by atoms with Crippen molar-refractivity contribution >= 4 is 44.7 Å². The number of fused-ring (bicyclic) bond motifs is 4. The number of benzene rings is 4. The lowest BCUT2D eigenvalue weighted by molar-refractivity contribution is 0.456. The van der Waals surface area contributed by atoms with Crippen molar-refractivity contribution in [2.24, 2.45) is 4.99 Å². The molecule has 1 unspecified atom stereocenters. The van der Waals surface area contributed by atoms with Gasteiger partial charge >= 0.3 is 0 Å². The molecule has 1 aliphatic rings. The number of aromatic amines is 1. The van der Waals surface area contributed by atoms with Gasteiger partial charge < -0.3 is 9.40 Å². The normalized spacial score (nSPS) is 17.1. The minimum atomic E-state index is -0.657. The second kappa shape index (κ2) is 8.89. The van der Waals surface area contributed by atoms with Crippen LogP contribution in [-0.2, 0) is 5.41 Å². The van der Waals surface area contributed by atoms with Gasteiger partial charge in [-0.2, -0.15) is 0 Å². The Morgan fingerprint density at radius 2 is 1.60 bits per heavy atom. The number of rotatable bonds is 4. The molecule has 0 saturated heterocycles. The van der Waals surface area contributed by atoms with E-state index in [4.69, 9.17) is 9.40 Å². The van der Waals surface area contributed by atoms with E-state index in [1.165, 1.54) is 16.3 Å². The summed E-state index contributed by atoms with van der Waals surface area (Å²) >= 11 is 0. The lowest BCUT2D eigenvalue weighted by atomic mass is 9.69. The van der Waals surface area contributed by atoms with Gasteiger partial charge in [-0.05, 0) is 46.5 Å². The lowest BCUT2D eigenvalue weighted by Gasteiger charge is -2.34. The minimum Gasteiger partial charge on any atom is -0.439 e. The van der Waals surface area contributed by atoms with Gasteiger partial charge in [-0.3, -0.25) is 9.98 Å². The Bertz CT molecular complexity index is 2050. The van der Waals surface area contributed by atoms with Gasteiger partial charge in [-0.1, -0.05) is 78.9 Å². The molecule has 8 rings (SSSR count). The fourth-order valence-electron chi connectivity index (χ4n) is 6.08. The highest BCUT2D eigenvalue weighted by Crippen LogP contribution is 2.48. The summed E-state index contributed by atoms with van der Waals surface area (Å²) < 4.78 is 6.48. The highest BCUT2D eigenvalue weighted by atomic mass is 16.3. The van der Waals surface area contributed by atoms with Gasteiger partial charge in [0.05, 0.1) is 5.52 Å². The first-order chi connectivity index (χ1) is 19.8. The highest BCUT2D eigenvalue weighted by molar-refractivity contribution is 6.11. The van der Waals surface area contributed by atoms with Gasteiger partial charge in [-0.15, -0.1) is 0 Å². The first kappa shape index (κ1) is 22.7. The van der Waals surface area contributed by atoms with Crippen molar-refractivity contribution in [2.45, 2.75) is 11.8 Å². The molecule has 4 aromatic carbocycles. The van der Waals surface area contributed by atoms with Crippen LogP contribution in [0.5, 0.6) is 0 Å². The maximum Gasteiger partial charge on any atom is 0.211 e. The van der Waals surface area contributed by atoms with Crippen LogP contribution in [0.2, 0.25) is 0 Å². The van der Waals surface area contributed by atoms with E-state index in [-0.39, 0.29) is 0 Å². The van der Waals surface area contributed by atoms with Gasteiger partial charge in [0.25, 0.3) is 0 Å². The van der Waals surface area contributed by atoms with Crippen molar-refractivity contribution in [1.82, 2.24) is 15.0 Å². The van der Waals surface area contributed by atoms with Gasteiger partial charge in [-0.25, -0.2) is 4.98 Å². The number of pyridine rings is 1. The maximum absolute atomic E-state index is 6.48. The molecule has 7 aromatic rings. The second-order valence-electron chi connectivity index (χ2n) is 10.2. The van der Waals surface area contributed by atoms with Crippen molar-refractivity contribution in [3.63, 3.8) is 0 Å². The van der Waals surface area contributed by atoms with Gasteiger partial charge in [0, 0.05) is 53.1 Å². The first-order valence-electron chi connectivity index (χ1n) is 13.4. The fourth-order valence-corrected chi connectivity index (χ4v) is 6.08. The predicted molar refractivity (Wildman–Crippen MR) is 161 cm³/mol. The summed E-state index contributed by atoms with van der Waals surface area (Å²) in [5.41, 5.74) is 8.65. The molecule has 1 atom stereocenters. The number of para-hydroxylation sites is 4. The van der Waals surface area contributed by atoms with Crippen LogP contribution in [0.3, 0.4) is 0 Å². The molecule has 0 spiro atoms. The molecule has 0 saturated carbocycles. The van der Waals surface area contributed by atoms with E-state index in [1.54, 1.807) is 6.20 Å². The number of aliphatic imine (C=N–C) groups is 1. The lowest BCUT2D eigenvalue weighted by Crippen LogP contribution is -2.32. The Morgan fingerprint density at radius 1 is 0.750 bits per heavy atom. The first-order valence-corrected chi connectivity index (χ1v) is 13.4. The summed E-state index contributed by atoms with van der Waals surface area (Å²) in [6.45, 7) is 0. The van der Waals surface area contributed by atoms with E-state index in [0.29, 0.717) is 12.3 Å². The molecule has 0 radical (unpaired) electrons. The summed E-state index contributed by atoms with van der Waals surface area (Å²) in [6.07, 6.45) is 8.17. The van der Waals surface area contributed by atoms with Gasteiger partial charge in [0.2, 0.25) is 5.89 Å². The number of oxazole rings is 1. The van der Waals surface area contributed by atoms with Crippen molar-refractivity contribution in [2.75, 3.05) is 0 Å². The zero-order valence-electron chi connectivity index (χ0n) is 21.6. The quantitative estimate of drug-likeness (QED) is 0.256. The van der Waals surface area contributed by atoms with Gasteiger partial charge in [0.15, 0.2) is 5.58 Å². The maximum atomic E-state index is 6.48. The van der Waals surface area contributed by atoms with E-state index in [9.17, 15) is 0 Å². The number of aromatic nitrogens is 3. The average Bonchev–Trinajstić information content (AvgIpc) is 3.64. The molecule has 1 N–H and O–H groups in total. The average molecular weight is 517 g/mol. The molecule has 3 aromatic heterocycles. The Hall–Kier alpha value is -5.29. The van der Waals surface area contributed by atoms with Crippen molar-refractivity contribution in [1.29, 1.82) is 0 Å². The SMILES string of the molecule is C1=NC=C(c2cccnc2)C(c2ccc(-c3cccc4c3[nH]c3ccccc34)cc2)(c2nc3ccccc3o2)C1. The molecule has 0 aliphatic carbocycles. The molecule has 0 amide bonds. The Labute approximate surface area is 230 Å². The third-order valence-corrected chi connectivity index (χ3v) is 8.03. The third-order valence-electron chi connectivity index (χ3n) is 8.03. The summed E-state index contributed by atoms with van der Waals surface area (Å²) in [5.74, 6) is 0.653. The molecule has 4 heterocycles. The summed E-state index contributed by atoms with van der Waals surface area (Å²) in [6, 6.07) is 35.7. The Balaban J connectivity index is 1.32. The van der Waals surface area contributed by atoms with Crippen molar-refractivity contribution in [3.05, 3.63) is 139 Å². The topological polar surface area (TPSA) is 67.1 Å². The largest absolute Gasteiger partial charge is 0.439 e. The van der Waals surface area contributed by atoms with Crippen LogP contribution in [0, 0.1) is 0 Å². The van der Waals surface area contributed by atoms with E-state index in [0.717, 1.165) is 44.4 Å². The molecule has 40 heavy (non-hydrogen) atoms. The standard InChI is InChI=1S/C35H24N4O/c1-2-11-30-27(8-1)28-10-5-9-26(33(28)38-30)23-14-16-25(17-15-23)35(34-39-31-12-3-4-13-32(31)40-34)18-20-37-22-29(35)24-7-6-19-36-21-24/h1-17,19-22,38H,18H2. The molecule has 5 heteroatoms. The van der Waals surface area contributed by atoms with Crippen LogP contribution in [0.15, 0.2) is 131 Å². The van der Waals surface area contributed by atoms with Crippen molar-refractivity contribution in [3.8, 4) is 11.1 Å². The fraction of sp³-hybridized carbons (Fsp3) is 0.0571. The van der Waals surface area contributed by atoms with Crippen LogP contribution < -0.4 is 0 Å². The Morgan fingerprint density at radius 3 is 2.48 bits per heavy atom. The monoisotopic (exact) mass is 516 g/mol. The summed E-state index contributed by atoms with van der Waals surface area (Å²) in [5, 5.41) is 2.46. The molecule has 1 aliphatic heterocycles. The molecule has 0 fully saturated rings. The van der Waals surface area contributed by atoms with E-state index in [1.807, 2.05) is 48.9 Å². The van der Waals surface area contributed by atoms with E-state index in [2.05, 4.69) is 87.8 Å². The smallest absolute Gasteiger partial charge is 0.211 e. The van der Waals surface area contributed by atoms with Gasteiger partial charge in [0.1, 0.15) is 10.9 Å². The van der Waals surface area contributed by atoms with E-state index < -0.39 is 5.41 Å². The van der Waals surface area contributed by atoms with E-state index >= 15 is 0 Å². The number of nitrogens with zero attached hydrogens (tertiary/aromatic N) is 3. The zero-order chi connectivity index (χ0) is 26.5. The summed E-state index contributed by atoms with van der Waals surface area (Å²) in [4.78, 5) is 17.6. The summed E-state index contributed by atoms with van der Waals surface area (Å²) in [7, 11) is 0. The highest BCUT2D eigenvalue weighted by Gasteiger charge is 2.44. The molecular formula is C35H24N4O. The molecule has 190 valence electrons. The van der Waals surface area contributed by atoms with Crippen LogP contribution in [0.25, 0.3) is 49.6 Å². The molecular weight excluding hydrogens is 492 g/mol. The van der Waals surface area contributed by atoms with Crippen LogP contribution in [0.1, 0.15) is 23.4 Å². The third kappa shape index (κ3) is 3.38. The second-order valence-corrected chi connectivity index (χ2v) is 10.2. The number of hydrogen-bond acceptors (Lipinski definition) is 4. The number of H-pyrrole nitrogens is 1. The van der Waals surface area contributed by atoms with Crippen LogP contribution in [-0.4, -0.2) is 21.2 Å². The number of allylic oxidation sites excluding steroid dienone is 1. The van der Waals surface area contributed by atoms with Crippen LogP contribution >= 0.6 is 0 Å². The molecule has 0 bridgehead atoms. The Kier molecular flexibility index (Phi) is 5.04.